The van der Waals surface area contributed by atoms with Crippen LogP contribution in [-0.2, 0) is 6.54 Å². The van der Waals surface area contributed by atoms with E-state index in [1.807, 2.05) is 12.1 Å². The van der Waals surface area contributed by atoms with Gasteiger partial charge in [-0.25, -0.2) is 0 Å². The van der Waals surface area contributed by atoms with E-state index in [4.69, 9.17) is 17.3 Å². The predicted octanol–water partition coefficient (Wildman–Crippen LogP) is 5.07. The highest BCUT2D eigenvalue weighted by Crippen LogP contribution is 2.32. The maximum Gasteiger partial charge on any atom is 0.0931 e. The molecular formula is C16H20BrClN2S. The molecule has 0 bridgehead atoms. The first-order chi connectivity index (χ1) is 10.0. The fraction of sp³-hybridized carbons (Fsp3) is 0.375. The van der Waals surface area contributed by atoms with Crippen molar-refractivity contribution < 1.29 is 0 Å². The summed E-state index contributed by atoms with van der Waals surface area (Å²) in [5.41, 5.74) is 7.63. The molecule has 2 atom stereocenters. The van der Waals surface area contributed by atoms with Gasteiger partial charge in [0.05, 0.1) is 10.4 Å². The van der Waals surface area contributed by atoms with Crippen LogP contribution in [0.4, 0.5) is 0 Å². The quantitative estimate of drug-likeness (QED) is 0.749. The van der Waals surface area contributed by atoms with E-state index in [-0.39, 0.29) is 12.1 Å². The van der Waals surface area contributed by atoms with Gasteiger partial charge >= 0.3 is 0 Å². The summed E-state index contributed by atoms with van der Waals surface area (Å²) in [6.07, 6.45) is 0.932. The SMILES string of the molecule is CCC(N)C(c1ccccc1Br)N(C)Cc1ccc(Cl)s1. The second-order valence-corrected chi connectivity index (χ2v) is 7.81. The second-order valence-electron chi connectivity index (χ2n) is 5.16. The van der Waals surface area contributed by atoms with Crippen LogP contribution in [-0.4, -0.2) is 18.0 Å². The van der Waals surface area contributed by atoms with Crippen LogP contribution in [0, 0.1) is 0 Å². The lowest BCUT2D eigenvalue weighted by molar-refractivity contribution is 0.202. The molecule has 0 spiro atoms. The van der Waals surface area contributed by atoms with Crippen molar-refractivity contribution in [1.82, 2.24) is 4.90 Å². The maximum absolute atomic E-state index is 6.39. The van der Waals surface area contributed by atoms with E-state index in [1.165, 1.54) is 10.4 Å². The summed E-state index contributed by atoms with van der Waals surface area (Å²) in [5, 5.41) is 0. The third kappa shape index (κ3) is 4.30. The standard InChI is InChI=1S/C16H20BrClN2S/c1-3-14(19)16(12-6-4-5-7-13(12)17)20(2)10-11-8-9-15(18)21-11/h4-9,14,16H,3,10,19H2,1-2H3. The highest BCUT2D eigenvalue weighted by molar-refractivity contribution is 9.10. The number of nitrogens with two attached hydrogens (primary N) is 1. The number of hydrogen-bond donors (Lipinski definition) is 1. The Bertz CT molecular complexity index is 587. The predicted molar refractivity (Wildman–Crippen MR) is 95.9 cm³/mol. The Labute approximate surface area is 144 Å². The Balaban J connectivity index is 2.25. The number of likely N-dealkylation sites (N-methyl/N-ethyl adjacent to an activating group) is 1. The van der Waals surface area contributed by atoms with Crippen LogP contribution < -0.4 is 5.73 Å². The molecule has 2 nitrogen and oxygen atoms in total. The van der Waals surface area contributed by atoms with Crippen LogP contribution in [0.2, 0.25) is 4.34 Å². The first-order valence-corrected chi connectivity index (χ1v) is 8.96. The van der Waals surface area contributed by atoms with Gasteiger partial charge in [-0.1, -0.05) is 52.7 Å². The number of nitrogens with zero attached hydrogens (tertiary/aromatic N) is 1. The molecule has 0 radical (unpaired) electrons. The molecule has 0 saturated heterocycles. The van der Waals surface area contributed by atoms with Crippen molar-refractivity contribution in [2.45, 2.75) is 32.0 Å². The molecule has 2 unspecified atom stereocenters. The fourth-order valence-electron chi connectivity index (χ4n) is 2.51. The second kappa shape index (κ2) is 7.75. The van der Waals surface area contributed by atoms with E-state index < -0.39 is 0 Å². The maximum atomic E-state index is 6.39. The van der Waals surface area contributed by atoms with E-state index >= 15 is 0 Å². The van der Waals surface area contributed by atoms with Crippen molar-refractivity contribution in [3.05, 3.63) is 55.6 Å². The third-order valence-corrected chi connectivity index (χ3v) is 5.55. The van der Waals surface area contributed by atoms with Crippen LogP contribution in [0.15, 0.2) is 40.9 Å². The van der Waals surface area contributed by atoms with Crippen LogP contribution in [0.1, 0.15) is 29.8 Å². The lowest BCUT2D eigenvalue weighted by atomic mass is 9.96. The van der Waals surface area contributed by atoms with Crippen molar-refractivity contribution in [3.8, 4) is 0 Å². The van der Waals surface area contributed by atoms with E-state index in [1.54, 1.807) is 11.3 Å². The minimum absolute atomic E-state index is 0.0872. The Morgan fingerprint density at radius 1 is 1.29 bits per heavy atom. The van der Waals surface area contributed by atoms with Crippen molar-refractivity contribution in [3.63, 3.8) is 0 Å². The zero-order valence-corrected chi connectivity index (χ0v) is 15.4. The van der Waals surface area contributed by atoms with Gasteiger partial charge in [-0.15, -0.1) is 11.3 Å². The van der Waals surface area contributed by atoms with Crippen LogP contribution in [0.5, 0.6) is 0 Å². The van der Waals surface area contributed by atoms with Gasteiger partial charge < -0.3 is 5.73 Å². The third-order valence-electron chi connectivity index (χ3n) is 3.61. The van der Waals surface area contributed by atoms with Gasteiger partial charge in [0.2, 0.25) is 0 Å². The summed E-state index contributed by atoms with van der Waals surface area (Å²) in [5.74, 6) is 0. The molecule has 1 aromatic heterocycles. The van der Waals surface area contributed by atoms with E-state index in [0.717, 1.165) is 21.8 Å². The van der Waals surface area contributed by atoms with E-state index in [2.05, 4.69) is 59.1 Å². The normalized spacial score (nSPS) is 14.4. The Hall–Kier alpha value is -0.390. The average molecular weight is 388 g/mol. The zero-order chi connectivity index (χ0) is 15.4. The molecule has 0 saturated carbocycles. The average Bonchev–Trinajstić information content (AvgIpc) is 2.86. The molecule has 0 fully saturated rings. The molecule has 1 aromatic carbocycles. The number of benzene rings is 1. The van der Waals surface area contributed by atoms with Gasteiger partial charge in [0.15, 0.2) is 0 Å². The monoisotopic (exact) mass is 386 g/mol. The summed E-state index contributed by atoms with van der Waals surface area (Å²) in [6.45, 7) is 2.97. The van der Waals surface area contributed by atoms with Gasteiger partial charge in [-0.2, -0.15) is 0 Å². The largest absolute Gasteiger partial charge is 0.326 e. The molecular weight excluding hydrogens is 368 g/mol. The molecule has 0 aliphatic heterocycles. The van der Waals surface area contributed by atoms with E-state index in [0.29, 0.717) is 0 Å². The number of thiophene rings is 1. The van der Waals surface area contributed by atoms with E-state index in [9.17, 15) is 0 Å². The molecule has 21 heavy (non-hydrogen) atoms. The van der Waals surface area contributed by atoms with Crippen LogP contribution in [0.3, 0.4) is 0 Å². The van der Waals surface area contributed by atoms with Crippen molar-refractivity contribution in [2.75, 3.05) is 7.05 Å². The molecule has 0 amide bonds. The van der Waals surface area contributed by atoms with Gasteiger partial charge in [0.25, 0.3) is 0 Å². The lowest BCUT2D eigenvalue weighted by Gasteiger charge is -2.33. The number of hydrogen-bond acceptors (Lipinski definition) is 3. The summed E-state index contributed by atoms with van der Waals surface area (Å²) in [6, 6.07) is 12.6. The molecule has 0 aliphatic carbocycles. The molecule has 1 heterocycles. The highest BCUT2D eigenvalue weighted by Gasteiger charge is 2.25. The van der Waals surface area contributed by atoms with Crippen molar-refractivity contribution >= 4 is 38.9 Å². The summed E-state index contributed by atoms with van der Waals surface area (Å²) < 4.78 is 1.94. The van der Waals surface area contributed by atoms with Crippen LogP contribution in [0.25, 0.3) is 0 Å². The molecule has 2 N–H and O–H groups in total. The van der Waals surface area contributed by atoms with Crippen molar-refractivity contribution in [1.29, 1.82) is 0 Å². The number of halogens is 2. The Morgan fingerprint density at radius 3 is 2.57 bits per heavy atom. The van der Waals surface area contributed by atoms with Crippen LogP contribution >= 0.6 is 38.9 Å². The first kappa shape index (κ1) is 17.0. The highest BCUT2D eigenvalue weighted by atomic mass is 79.9. The number of rotatable bonds is 6. The minimum atomic E-state index is 0.0872. The van der Waals surface area contributed by atoms with Gasteiger partial charge in [-0.3, -0.25) is 4.90 Å². The topological polar surface area (TPSA) is 29.3 Å². The Morgan fingerprint density at radius 2 is 2.00 bits per heavy atom. The smallest absolute Gasteiger partial charge is 0.0931 e. The van der Waals surface area contributed by atoms with Crippen molar-refractivity contribution in [2.24, 2.45) is 5.73 Å². The van der Waals surface area contributed by atoms with Gasteiger partial charge in [0.1, 0.15) is 0 Å². The summed E-state index contributed by atoms with van der Waals surface area (Å²) >= 11 is 11.3. The fourth-order valence-corrected chi connectivity index (χ4v) is 4.18. The van der Waals surface area contributed by atoms with Gasteiger partial charge in [-0.05, 0) is 37.2 Å². The molecule has 2 rings (SSSR count). The minimum Gasteiger partial charge on any atom is -0.326 e. The zero-order valence-electron chi connectivity index (χ0n) is 12.2. The summed E-state index contributed by atoms with van der Waals surface area (Å²) in [7, 11) is 2.12. The lowest BCUT2D eigenvalue weighted by Crippen LogP contribution is -2.38. The van der Waals surface area contributed by atoms with Gasteiger partial charge in [0, 0.05) is 21.9 Å². The molecule has 5 heteroatoms. The first-order valence-electron chi connectivity index (χ1n) is 6.97. The summed E-state index contributed by atoms with van der Waals surface area (Å²) in [4.78, 5) is 3.55. The Kier molecular flexibility index (Phi) is 6.26. The molecule has 2 aromatic rings. The molecule has 114 valence electrons. The molecule has 0 aliphatic rings.